The van der Waals surface area contributed by atoms with Crippen molar-refractivity contribution in [2.45, 2.75) is 40.2 Å². The topological polar surface area (TPSA) is 89.8 Å². The van der Waals surface area contributed by atoms with E-state index in [0.717, 1.165) is 10.9 Å². The van der Waals surface area contributed by atoms with Gasteiger partial charge in [0.15, 0.2) is 5.82 Å². The first-order chi connectivity index (χ1) is 16.0. The molecule has 1 aromatic heterocycles. The molecular weight excluding hydrogens is 435 g/mol. The average molecular weight is 467 g/mol. The summed E-state index contributed by atoms with van der Waals surface area (Å²) >= 11 is 0. The molecule has 1 aliphatic rings. The number of aliphatic hydroxyl groups is 1. The molecule has 1 saturated heterocycles. The first-order valence-corrected chi connectivity index (χ1v) is 11.5. The van der Waals surface area contributed by atoms with Gasteiger partial charge in [0.2, 0.25) is 5.91 Å². The maximum absolute atomic E-state index is 14.6. The van der Waals surface area contributed by atoms with E-state index in [1.54, 1.807) is 4.90 Å². The zero-order valence-corrected chi connectivity index (χ0v) is 20.0. The maximum atomic E-state index is 14.6. The van der Waals surface area contributed by atoms with Gasteiger partial charge in [0.1, 0.15) is 17.4 Å². The number of amides is 1. The van der Waals surface area contributed by atoms with E-state index >= 15 is 0 Å². The number of hydrogen-bond donors (Lipinski definition) is 2. The van der Waals surface area contributed by atoms with Gasteiger partial charge in [-0.05, 0) is 42.2 Å². The van der Waals surface area contributed by atoms with Crippen LogP contribution in [0, 0.1) is 18.2 Å². The predicted octanol–water partition coefficient (Wildman–Crippen LogP) is 3.90. The van der Waals surface area contributed by atoms with Crippen LogP contribution in [0.4, 0.5) is 10.2 Å². The number of rotatable bonds is 4. The number of benzene rings is 2. The highest BCUT2D eigenvalue weighted by Gasteiger charge is 2.29. The number of nitrogens with zero attached hydrogens (tertiary/aromatic N) is 4. The van der Waals surface area contributed by atoms with Crippen molar-refractivity contribution < 1.29 is 19.4 Å². The number of piperazine rings is 1. The van der Waals surface area contributed by atoms with Gasteiger partial charge in [-0.3, -0.25) is 4.79 Å². The highest BCUT2D eigenvalue weighted by Crippen LogP contribution is 2.34. The van der Waals surface area contributed by atoms with Crippen LogP contribution in [0.5, 0.6) is 5.75 Å². The van der Waals surface area contributed by atoms with Gasteiger partial charge in [-0.25, -0.2) is 14.4 Å². The second-order valence-electron chi connectivity index (χ2n) is 9.98. The van der Waals surface area contributed by atoms with Crippen LogP contribution in [-0.2, 0) is 4.79 Å². The number of fused-ring (bicyclic) bond motifs is 1. The third-order valence-electron chi connectivity index (χ3n) is 6.35. The Balaban J connectivity index is 1.63. The largest absolute Gasteiger partial charge is 0.507 e. The minimum Gasteiger partial charge on any atom is -0.507 e. The molecule has 0 radical (unpaired) electrons. The molecule has 1 amide bonds. The molecule has 180 valence electrons. The highest BCUT2D eigenvalue weighted by atomic mass is 19.1. The van der Waals surface area contributed by atoms with Crippen molar-refractivity contribution in [3.8, 4) is 17.1 Å². The number of halogens is 1. The first-order valence-electron chi connectivity index (χ1n) is 11.5. The van der Waals surface area contributed by atoms with Crippen molar-refractivity contribution in [2.75, 3.05) is 31.1 Å². The van der Waals surface area contributed by atoms with E-state index in [1.807, 2.05) is 45.9 Å². The van der Waals surface area contributed by atoms with Crippen LogP contribution in [0.25, 0.3) is 22.3 Å². The molecule has 34 heavy (non-hydrogen) atoms. The summed E-state index contributed by atoms with van der Waals surface area (Å²) in [6.45, 7) is 9.76. The zero-order valence-electron chi connectivity index (χ0n) is 20.0. The van der Waals surface area contributed by atoms with E-state index in [-0.39, 0.29) is 34.9 Å². The van der Waals surface area contributed by atoms with Gasteiger partial charge in [-0.2, -0.15) is 0 Å². The number of hydrogen-bond acceptors (Lipinski definition) is 6. The minimum atomic E-state index is -0.705. The second-order valence-corrected chi connectivity index (χ2v) is 9.98. The molecular formula is C26H31FN4O3. The number of aliphatic hydroxyl groups excluding tert-OH is 1. The predicted molar refractivity (Wildman–Crippen MR) is 130 cm³/mol. The third kappa shape index (κ3) is 4.82. The lowest BCUT2D eigenvalue weighted by Crippen LogP contribution is -2.50. The lowest BCUT2D eigenvalue weighted by molar-refractivity contribution is -0.135. The molecule has 3 aromatic rings. The smallest absolute Gasteiger partial charge is 0.225 e. The Labute approximate surface area is 198 Å². The molecule has 0 bridgehead atoms. The molecule has 1 unspecified atom stereocenters. The summed E-state index contributed by atoms with van der Waals surface area (Å²) in [4.78, 5) is 25.8. The van der Waals surface area contributed by atoms with Crippen LogP contribution in [-0.4, -0.2) is 63.3 Å². The molecule has 2 aromatic carbocycles. The molecule has 0 saturated carbocycles. The van der Waals surface area contributed by atoms with E-state index in [2.05, 4.69) is 14.9 Å². The van der Waals surface area contributed by atoms with Crippen molar-refractivity contribution in [3.63, 3.8) is 0 Å². The quantitative estimate of drug-likeness (QED) is 0.606. The van der Waals surface area contributed by atoms with Crippen LogP contribution in [0.15, 0.2) is 36.4 Å². The van der Waals surface area contributed by atoms with Crippen LogP contribution in [0.2, 0.25) is 0 Å². The van der Waals surface area contributed by atoms with Crippen LogP contribution in [0.3, 0.4) is 0 Å². The molecule has 2 heterocycles. The Morgan fingerprint density at radius 3 is 2.47 bits per heavy atom. The molecule has 1 aliphatic heterocycles. The SMILES string of the molecule is Cc1ccc2c(N3CCN(C(=O)CC(O)C(C)(C)C)CC3)nc(-c3c(O)cccc3F)nc2c1. The Kier molecular flexibility index (Phi) is 6.45. The molecule has 4 rings (SSSR count). The Morgan fingerprint density at radius 1 is 1.12 bits per heavy atom. The van der Waals surface area contributed by atoms with E-state index in [0.29, 0.717) is 37.5 Å². The average Bonchev–Trinajstić information content (AvgIpc) is 2.77. The van der Waals surface area contributed by atoms with Gasteiger partial charge in [0.25, 0.3) is 0 Å². The third-order valence-corrected chi connectivity index (χ3v) is 6.35. The summed E-state index contributed by atoms with van der Waals surface area (Å²) in [7, 11) is 0. The van der Waals surface area contributed by atoms with E-state index in [9.17, 15) is 19.4 Å². The molecule has 0 spiro atoms. The summed E-state index contributed by atoms with van der Waals surface area (Å²) in [6.07, 6.45) is -0.612. The number of aromatic hydroxyl groups is 1. The van der Waals surface area contributed by atoms with Gasteiger partial charge in [0, 0.05) is 31.6 Å². The fourth-order valence-electron chi connectivity index (χ4n) is 4.08. The number of phenols is 1. The van der Waals surface area contributed by atoms with Gasteiger partial charge in [0.05, 0.1) is 23.6 Å². The first kappa shape index (κ1) is 23.9. The summed E-state index contributed by atoms with van der Waals surface area (Å²) < 4.78 is 14.6. The number of aryl methyl sites for hydroxylation is 1. The molecule has 1 atom stereocenters. The summed E-state index contributed by atoms with van der Waals surface area (Å²) in [5.74, 6) is -0.112. The van der Waals surface area contributed by atoms with Crippen LogP contribution in [0.1, 0.15) is 32.8 Å². The second kappa shape index (κ2) is 9.18. The monoisotopic (exact) mass is 466 g/mol. The lowest BCUT2D eigenvalue weighted by Gasteiger charge is -2.37. The van der Waals surface area contributed by atoms with Gasteiger partial charge >= 0.3 is 0 Å². The Morgan fingerprint density at radius 2 is 1.82 bits per heavy atom. The standard InChI is InChI=1S/C26H31FN4O3/c1-16-8-9-17-19(14-16)28-24(23-18(27)6-5-7-20(23)32)29-25(17)31-12-10-30(11-13-31)22(34)15-21(33)26(2,3)4/h5-9,14,21,32-33H,10-13,15H2,1-4H3. The van der Waals surface area contributed by atoms with E-state index in [4.69, 9.17) is 0 Å². The maximum Gasteiger partial charge on any atom is 0.225 e. The highest BCUT2D eigenvalue weighted by molar-refractivity contribution is 5.92. The number of carbonyl (C=O) groups is 1. The Hall–Kier alpha value is -3.26. The molecule has 0 aliphatic carbocycles. The van der Waals surface area contributed by atoms with Crippen molar-refractivity contribution in [1.82, 2.24) is 14.9 Å². The van der Waals surface area contributed by atoms with Crippen LogP contribution >= 0.6 is 0 Å². The van der Waals surface area contributed by atoms with Crippen LogP contribution < -0.4 is 4.90 Å². The lowest BCUT2D eigenvalue weighted by atomic mass is 9.87. The number of phenolic OH excluding ortho intramolecular Hbond substituents is 1. The molecule has 7 nitrogen and oxygen atoms in total. The van der Waals surface area contributed by atoms with Crippen molar-refractivity contribution in [1.29, 1.82) is 0 Å². The van der Waals surface area contributed by atoms with Gasteiger partial charge in [-0.1, -0.05) is 32.9 Å². The minimum absolute atomic E-state index is 0.0304. The van der Waals surface area contributed by atoms with Gasteiger partial charge in [-0.15, -0.1) is 0 Å². The molecule has 1 fully saturated rings. The number of carbonyl (C=O) groups excluding carboxylic acids is 1. The van der Waals surface area contributed by atoms with E-state index < -0.39 is 11.9 Å². The fraction of sp³-hybridized carbons (Fsp3) is 0.423. The molecule has 8 heteroatoms. The normalized spacial score (nSPS) is 15.6. The van der Waals surface area contributed by atoms with Crippen molar-refractivity contribution >= 4 is 22.6 Å². The summed E-state index contributed by atoms with van der Waals surface area (Å²) in [5.41, 5.74) is 1.28. The number of aromatic nitrogens is 2. The van der Waals surface area contributed by atoms with Crippen molar-refractivity contribution in [2.24, 2.45) is 5.41 Å². The fourth-order valence-corrected chi connectivity index (χ4v) is 4.08. The van der Waals surface area contributed by atoms with Crippen molar-refractivity contribution in [3.05, 3.63) is 47.8 Å². The molecule has 2 N–H and O–H groups in total. The van der Waals surface area contributed by atoms with E-state index in [1.165, 1.54) is 18.2 Å². The van der Waals surface area contributed by atoms with Gasteiger partial charge < -0.3 is 20.0 Å². The Bertz CT molecular complexity index is 1200. The summed E-state index contributed by atoms with van der Waals surface area (Å²) in [5, 5.41) is 21.4. The number of anilines is 1. The summed E-state index contributed by atoms with van der Waals surface area (Å²) in [6, 6.07) is 9.96. The zero-order chi connectivity index (χ0) is 24.6.